The van der Waals surface area contributed by atoms with Crippen LogP contribution < -0.4 is 58.5 Å². The number of hydrogen-bond donors (Lipinski definition) is 14. The quantitative estimate of drug-likeness (QED) is 0.0226. The van der Waals surface area contributed by atoms with Crippen LogP contribution in [0.15, 0.2) is 158 Å². The number of nitrogens with zero attached hydrogens (tertiary/aromatic N) is 1. The number of aromatic hydroxyl groups is 1. The third-order valence-electron chi connectivity index (χ3n) is 20.8. The van der Waals surface area contributed by atoms with Crippen molar-refractivity contribution in [3.05, 3.63) is 186 Å². The van der Waals surface area contributed by atoms with Gasteiger partial charge in [-0.2, -0.15) is 0 Å². The van der Waals surface area contributed by atoms with Gasteiger partial charge >= 0.3 is 5.97 Å². The van der Waals surface area contributed by atoms with Gasteiger partial charge in [0.2, 0.25) is 59.1 Å². The van der Waals surface area contributed by atoms with Crippen molar-refractivity contribution in [3.63, 3.8) is 0 Å². The van der Waals surface area contributed by atoms with Crippen molar-refractivity contribution in [2.24, 2.45) is 0 Å². The van der Waals surface area contributed by atoms with Gasteiger partial charge in [-0.05, 0) is 148 Å². The fourth-order valence-electron chi connectivity index (χ4n) is 14.6. The second kappa shape index (κ2) is 43.0. The van der Waals surface area contributed by atoms with Crippen molar-refractivity contribution in [1.29, 1.82) is 0 Å². The molecule has 6 aromatic carbocycles. The van der Waals surface area contributed by atoms with Crippen LogP contribution in [0.2, 0.25) is 0 Å². The number of aliphatic hydroxyl groups excluding tert-OH is 1. The van der Waals surface area contributed by atoms with E-state index in [0.29, 0.717) is 79.5 Å². The zero-order valence-corrected chi connectivity index (χ0v) is 62.9. The van der Waals surface area contributed by atoms with Crippen molar-refractivity contribution in [1.82, 2.24) is 63.4 Å². The number of phenols is 1. The molecule has 0 aromatic heterocycles. The van der Waals surface area contributed by atoms with Crippen molar-refractivity contribution >= 4 is 75.8 Å². The van der Waals surface area contributed by atoms with Gasteiger partial charge in [0.1, 0.15) is 66.2 Å². The summed E-state index contributed by atoms with van der Waals surface area (Å²) in [5.74, 6) is -8.84. The number of aliphatic carboxylic acids is 1. The summed E-state index contributed by atoms with van der Waals surface area (Å²) in [4.78, 5) is 159. The molecule has 26 nitrogen and oxygen atoms in total. The maximum atomic E-state index is 15.3. The second-order valence-electron chi connectivity index (χ2n) is 29.3. The Balaban J connectivity index is 0.951. The number of carbonyl (C=O) groups is 11. The second-order valence-corrected chi connectivity index (χ2v) is 29.3. The Labute approximate surface area is 643 Å². The Morgan fingerprint density at radius 1 is 0.400 bits per heavy atom. The molecule has 3 fully saturated rings. The average molecular weight is 1510 g/mol. The van der Waals surface area contributed by atoms with Crippen molar-refractivity contribution in [3.8, 4) is 5.75 Å². The minimum atomic E-state index is -1.77. The number of carboxylic acid groups (broad SMARTS) is 1. The Hall–Kier alpha value is -10.6. The molecular formula is C84H108N12O14. The maximum Gasteiger partial charge on any atom is 0.325 e. The molecule has 1 heterocycles. The molecule has 110 heavy (non-hydrogen) atoms. The van der Waals surface area contributed by atoms with Crippen LogP contribution in [-0.2, 0) is 84.8 Å². The first kappa shape index (κ1) is 83.5. The summed E-state index contributed by atoms with van der Waals surface area (Å²) in [5, 5.41) is 65.0. The molecule has 588 valence electrons. The largest absolute Gasteiger partial charge is 0.508 e. The van der Waals surface area contributed by atoms with Crippen molar-refractivity contribution in [2.75, 3.05) is 26.2 Å². The van der Waals surface area contributed by atoms with Gasteiger partial charge in [0.25, 0.3) is 0 Å². The van der Waals surface area contributed by atoms with Crippen LogP contribution in [0.5, 0.6) is 5.75 Å². The molecule has 2 aliphatic carbocycles. The third kappa shape index (κ3) is 26.3. The molecule has 26 heteroatoms. The number of benzene rings is 6. The minimum Gasteiger partial charge on any atom is -0.508 e. The highest BCUT2D eigenvalue weighted by molar-refractivity contribution is 5.99. The van der Waals surface area contributed by atoms with Crippen LogP contribution in [-0.4, -0.2) is 184 Å². The van der Waals surface area contributed by atoms with E-state index in [4.69, 9.17) is 0 Å². The number of unbranched alkanes of at least 4 members (excludes halogenated alkanes) is 2. The van der Waals surface area contributed by atoms with Gasteiger partial charge in [0.15, 0.2) is 0 Å². The number of fused-ring (bicyclic) bond motifs is 1. The summed E-state index contributed by atoms with van der Waals surface area (Å²) >= 11 is 0. The number of likely N-dealkylation sites (tertiary alicyclic amines) is 1. The molecule has 6 aromatic rings. The molecule has 10 amide bonds. The van der Waals surface area contributed by atoms with E-state index in [1.54, 1.807) is 91.0 Å². The molecule has 9 rings (SSSR count). The monoisotopic (exact) mass is 1510 g/mol. The van der Waals surface area contributed by atoms with Gasteiger partial charge < -0.3 is 78.7 Å². The third-order valence-corrected chi connectivity index (χ3v) is 20.8. The van der Waals surface area contributed by atoms with E-state index in [1.165, 1.54) is 43.0 Å². The zero-order chi connectivity index (χ0) is 78.3. The highest BCUT2D eigenvalue weighted by atomic mass is 16.4. The molecule has 0 spiro atoms. The number of hydrogen-bond acceptors (Lipinski definition) is 15. The van der Waals surface area contributed by atoms with Crippen LogP contribution in [0.3, 0.4) is 0 Å². The normalized spacial score (nSPS) is 16.8. The van der Waals surface area contributed by atoms with E-state index in [-0.39, 0.29) is 63.7 Å². The minimum absolute atomic E-state index is 0.0410. The summed E-state index contributed by atoms with van der Waals surface area (Å²) in [6.07, 6.45) is 11.3. The Morgan fingerprint density at radius 2 is 0.773 bits per heavy atom. The molecular weight excluding hydrogens is 1400 g/mol. The molecule has 3 aliphatic rings. The van der Waals surface area contributed by atoms with E-state index in [2.05, 4.69) is 58.5 Å². The molecule has 1 aliphatic heterocycles. The lowest BCUT2D eigenvalue weighted by atomic mass is 9.99. The summed E-state index contributed by atoms with van der Waals surface area (Å²) in [6, 6.07) is 33.0. The molecule has 2 saturated carbocycles. The van der Waals surface area contributed by atoms with E-state index < -0.39 is 132 Å². The number of nitrogens with one attached hydrogen (secondary N) is 11. The van der Waals surface area contributed by atoms with Crippen LogP contribution in [0.4, 0.5) is 0 Å². The van der Waals surface area contributed by atoms with Crippen LogP contribution in [0.1, 0.15) is 144 Å². The summed E-state index contributed by atoms with van der Waals surface area (Å²) in [7, 11) is 0. The highest BCUT2D eigenvalue weighted by Crippen LogP contribution is 2.24. The lowest BCUT2D eigenvalue weighted by Gasteiger charge is -2.31. The number of phenolic OH excluding ortho intramolecular Hbond substituents is 1. The molecule has 1 saturated heterocycles. The first-order chi connectivity index (χ1) is 53.2. The van der Waals surface area contributed by atoms with E-state index in [9.17, 15) is 53.7 Å². The van der Waals surface area contributed by atoms with E-state index in [0.717, 1.165) is 67.7 Å². The van der Waals surface area contributed by atoms with Gasteiger partial charge in [0.05, 0.1) is 6.61 Å². The highest BCUT2D eigenvalue weighted by Gasteiger charge is 2.41. The smallest absolute Gasteiger partial charge is 0.325 e. The summed E-state index contributed by atoms with van der Waals surface area (Å²) in [6.45, 7) is 3.06. The number of amides is 10. The summed E-state index contributed by atoms with van der Waals surface area (Å²) < 4.78 is 0. The SMILES string of the molecule is CC(=O)N[C@H](Cc1ccc2ccccc2c1)C(=O)N[C@H](Cc1ccccc1)C(=O)N[C@H](Cc1ccccc1)C(=O)N[C@@H](CO)C(=O)N[C@@H](Cc1ccc(O)cc1)C(=O)N[C@H](CCCCNC1CCCC1)C(=O)N[C@@H](Cc1ccccc1)C(=O)N[C@@H](CCCCNC1CCCC1)C(=O)N1CCC[C@@H]1C(=O)N[C@H](C)C(=O)O. The Morgan fingerprint density at radius 3 is 1.23 bits per heavy atom. The number of carbonyl (C=O) groups excluding carboxylic acids is 10. The number of aliphatic hydroxyl groups is 1. The Kier molecular flexibility index (Phi) is 32.6. The van der Waals surface area contributed by atoms with Crippen molar-refractivity contribution < 1.29 is 68.1 Å². The summed E-state index contributed by atoms with van der Waals surface area (Å²) in [5.41, 5.74) is 3.06. The van der Waals surface area contributed by atoms with E-state index >= 15 is 14.4 Å². The lowest BCUT2D eigenvalue weighted by Crippen LogP contribution is -2.61. The van der Waals surface area contributed by atoms with Gasteiger partial charge in [-0.15, -0.1) is 0 Å². The fraction of sp³-hybridized carbons (Fsp3) is 0.464. The Bertz CT molecular complexity index is 4030. The topological polar surface area (TPSA) is 384 Å². The van der Waals surface area contributed by atoms with Gasteiger partial charge in [-0.1, -0.05) is 171 Å². The maximum absolute atomic E-state index is 15.3. The predicted octanol–water partition coefficient (Wildman–Crippen LogP) is 4.93. The van der Waals surface area contributed by atoms with Crippen LogP contribution >= 0.6 is 0 Å². The first-order valence-electron chi connectivity index (χ1n) is 38.8. The van der Waals surface area contributed by atoms with Crippen LogP contribution in [0.25, 0.3) is 10.8 Å². The number of rotatable bonds is 42. The first-order valence-corrected chi connectivity index (χ1v) is 38.8. The van der Waals surface area contributed by atoms with Gasteiger partial charge in [0, 0.05) is 57.7 Å². The molecule has 10 atom stereocenters. The molecule has 0 radical (unpaired) electrons. The lowest BCUT2D eigenvalue weighted by molar-refractivity contribution is -0.144. The van der Waals surface area contributed by atoms with Crippen molar-refractivity contribution in [2.45, 2.75) is 221 Å². The predicted molar refractivity (Wildman–Crippen MR) is 416 cm³/mol. The van der Waals surface area contributed by atoms with E-state index in [1.807, 2.05) is 42.5 Å². The standard InChI is InChI=1S/C84H108N12O14/c1-54(84(109)110)87-82(107)74-37-22-46-96(74)83(108)67(36-19-21-45-86-64-33-16-17-34-64)90-78(103)69(48-56-23-6-3-7-24-56)91-75(100)66(35-18-20-44-85-63-31-14-15-32-63)89-77(102)72(51-59-39-42-65(99)43-40-59)94-81(106)73(53-97)95-80(105)71(50-58-27-10-5-11-28-58)93-79(104)70(49-57-25-8-4-9-26-57)92-76(101)68(88-55(2)98)52-60-38-41-61-29-12-13-30-62(61)47-60/h3-13,23-30,38-43,47,54,63-64,66-74,85-86,97,99H,14-22,31-37,44-46,48-53H2,1-2H3,(H,87,107)(H,88,98)(H,89,102)(H,90,103)(H,91,100)(H,92,101)(H,93,104)(H,94,106)(H,95,105)(H,109,110)/t54-,66-,67+,68-,69+,70-,71-,72+,73+,74-/m1/s1. The molecule has 14 N–H and O–H groups in total. The molecule has 0 bridgehead atoms. The fourth-order valence-corrected chi connectivity index (χ4v) is 14.6. The van der Waals surface area contributed by atoms with Crippen LogP contribution in [0, 0.1) is 0 Å². The van der Waals surface area contributed by atoms with Gasteiger partial charge in [-0.25, -0.2) is 0 Å². The number of carboxylic acids is 1. The van der Waals surface area contributed by atoms with Gasteiger partial charge in [-0.3, -0.25) is 52.7 Å². The average Bonchev–Trinajstić information content (AvgIpc) is 1.62. The zero-order valence-electron chi connectivity index (χ0n) is 62.9. The molecule has 0 unspecified atom stereocenters.